The second-order valence-electron chi connectivity index (χ2n) is 5.19. The van der Waals surface area contributed by atoms with Crippen molar-refractivity contribution in [3.8, 4) is 0 Å². The third-order valence-electron chi connectivity index (χ3n) is 3.19. The van der Waals surface area contributed by atoms with E-state index < -0.39 is 15.6 Å². The van der Waals surface area contributed by atoms with Gasteiger partial charge >= 0.3 is 0 Å². The molecule has 1 aromatic rings. The molecule has 2 N–H and O–H groups in total. The van der Waals surface area contributed by atoms with Crippen molar-refractivity contribution in [1.29, 1.82) is 0 Å². The molecule has 1 rings (SSSR count). The van der Waals surface area contributed by atoms with E-state index in [1.54, 1.807) is 13.0 Å². The van der Waals surface area contributed by atoms with Gasteiger partial charge in [-0.15, -0.1) is 0 Å². The van der Waals surface area contributed by atoms with Crippen LogP contribution in [0, 0.1) is 6.92 Å². The molecule has 0 aliphatic carbocycles. The van der Waals surface area contributed by atoms with Crippen LogP contribution in [0.1, 0.15) is 38.3 Å². The van der Waals surface area contributed by atoms with Crippen LogP contribution in [0.5, 0.6) is 0 Å². The average molecular weight is 306 g/mol. The molecular weight excluding hydrogens is 286 g/mol. The summed E-state index contributed by atoms with van der Waals surface area (Å²) in [6.45, 7) is 6.96. The van der Waals surface area contributed by atoms with Crippen LogP contribution >= 0.6 is 11.6 Å². The van der Waals surface area contributed by atoms with Crippen LogP contribution in [0.3, 0.4) is 0 Å². The highest BCUT2D eigenvalue weighted by Gasteiger charge is 2.26. The first-order valence-electron chi connectivity index (χ1n) is 6.07. The lowest BCUT2D eigenvalue weighted by molar-refractivity contribution is 0.280. The van der Waals surface area contributed by atoms with Crippen molar-refractivity contribution in [2.24, 2.45) is 0 Å². The van der Waals surface area contributed by atoms with Crippen LogP contribution < -0.4 is 4.72 Å². The maximum Gasteiger partial charge on any atom is 0.241 e. The van der Waals surface area contributed by atoms with E-state index in [-0.39, 0.29) is 11.5 Å². The van der Waals surface area contributed by atoms with Gasteiger partial charge in [0.1, 0.15) is 0 Å². The Morgan fingerprint density at radius 1 is 1.37 bits per heavy atom. The number of hydrogen-bond donors (Lipinski definition) is 2. The number of rotatable bonds is 5. The summed E-state index contributed by atoms with van der Waals surface area (Å²) < 4.78 is 27.4. The van der Waals surface area contributed by atoms with E-state index in [1.165, 1.54) is 6.07 Å². The van der Waals surface area contributed by atoms with Crippen LogP contribution in [0.25, 0.3) is 0 Å². The van der Waals surface area contributed by atoms with Crippen molar-refractivity contribution in [1.82, 2.24) is 4.72 Å². The maximum absolute atomic E-state index is 12.4. The minimum absolute atomic E-state index is 0.116. The molecular formula is C13H20ClNO3S. The van der Waals surface area contributed by atoms with Crippen molar-refractivity contribution >= 4 is 21.6 Å². The minimum atomic E-state index is -3.66. The molecule has 108 valence electrons. The first kappa shape index (κ1) is 16.4. The zero-order valence-corrected chi connectivity index (χ0v) is 13.2. The number of sulfonamides is 1. The average Bonchev–Trinajstić information content (AvgIpc) is 2.30. The molecule has 1 aromatic carbocycles. The van der Waals surface area contributed by atoms with Crippen molar-refractivity contribution < 1.29 is 13.5 Å². The van der Waals surface area contributed by atoms with E-state index in [0.717, 1.165) is 0 Å². The second-order valence-corrected chi connectivity index (χ2v) is 7.28. The van der Waals surface area contributed by atoms with Gasteiger partial charge < -0.3 is 5.11 Å². The number of aliphatic hydroxyl groups is 1. The predicted molar refractivity (Wildman–Crippen MR) is 76.8 cm³/mol. The number of hydrogen-bond acceptors (Lipinski definition) is 3. The lowest BCUT2D eigenvalue weighted by atomic mass is 10.0. The van der Waals surface area contributed by atoms with Gasteiger partial charge in [0.25, 0.3) is 0 Å². The first-order chi connectivity index (χ1) is 8.63. The SMILES string of the molecule is CCC(C)(C)NS(=O)(=O)c1cc(Cl)cc(CO)c1C. The number of benzene rings is 1. The summed E-state index contributed by atoms with van der Waals surface area (Å²) in [6, 6.07) is 2.98. The maximum atomic E-state index is 12.4. The third kappa shape index (κ3) is 3.92. The Bertz CT molecular complexity index is 567. The third-order valence-corrected chi connectivity index (χ3v) is 5.23. The summed E-state index contributed by atoms with van der Waals surface area (Å²) in [5, 5.41) is 9.53. The van der Waals surface area contributed by atoms with Gasteiger partial charge in [0, 0.05) is 10.6 Å². The van der Waals surface area contributed by atoms with Gasteiger partial charge in [0.05, 0.1) is 11.5 Å². The van der Waals surface area contributed by atoms with Gasteiger partial charge in [0.15, 0.2) is 0 Å². The Morgan fingerprint density at radius 2 is 1.95 bits per heavy atom. The number of nitrogens with one attached hydrogen (secondary N) is 1. The Morgan fingerprint density at radius 3 is 2.42 bits per heavy atom. The summed E-state index contributed by atoms with van der Waals surface area (Å²) in [4.78, 5) is 0.116. The van der Waals surface area contributed by atoms with Crippen LogP contribution in [-0.4, -0.2) is 19.1 Å². The minimum Gasteiger partial charge on any atom is -0.392 e. The fourth-order valence-electron chi connectivity index (χ4n) is 1.64. The molecule has 0 heterocycles. The lowest BCUT2D eigenvalue weighted by Crippen LogP contribution is -2.42. The fraction of sp³-hybridized carbons (Fsp3) is 0.538. The molecule has 0 amide bonds. The summed E-state index contributed by atoms with van der Waals surface area (Å²) in [5.74, 6) is 0. The Kier molecular flexibility index (Phi) is 5.01. The van der Waals surface area contributed by atoms with Crippen molar-refractivity contribution in [3.63, 3.8) is 0 Å². The molecule has 0 aromatic heterocycles. The molecule has 0 saturated carbocycles. The van der Waals surface area contributed by atoms with Gasteiger partial charge in [-0.25, -0.2) is 13.1 Å². The van der Waals surface area contributed by atoms with Crippen LogP contribution in [0.2, 0.25) is 5.02 Å². The van der Waals surface area contributed by atoms with Crippen LogP contribution in [-0.2, 0) is 16.6 Å². The standard InChI is InChI=1S/C13H20ClNO3S/c1-5-13(3,4)15-19(17,18)12-7-11(14)6-10(8-16)9(12)2/h6-7,15-16H,5,8H2,1-4H3. The molecule has 0 radical (unpaired) electrons. The molecule has 0 aliphatic rings. The smallest absolute Gasteiger partial charge is 0.241 e. The van der Waals surface area contributed by atoms with Gasteiger partial charge in [-0.05, 0) is 50.5 Å². The topological polar surface area (TPSA) is 66.4 Å². The van der Waals surface area contributed by atoms with E-state index in [0.29, 0.717) is 22.6 Å². The summed E-state index contributed by atoms with van der Waals surface area (Å²) in [5.41, 5.74) is 0.501. The first-order valence-corrected chi connectivity index (χ1v) is 7.93. The highest BCUT2D eigenvalue weighted by Crippen LogP contribution is 2.25. The highest BCUT2D eigenvalue weighted by atomic mass is 35.5. The molecule has 0 unspecified atom stereocenters. The van der Waals surface area contributed by atoms with Gasteiger partial charge in [-0.3, -0.25) is 0 Å². The molecule has 0 spiro atoms. The number of halogens is 1. The fourth-order valence-corrected chi connectivity index (χ4v) is 3.75. The van der Waals surface area contributed by atoms with E-state index in [9.17, 15) is 13.5 Å². The second kappa shape index (κ2) is 5.79. The van der Waals surface area contributed by atoms with Crippen molar-refractivity contribution in [2.45, 2.75) is 51.2 Å². The van der Waals surface area contributed by atoms with Crippen molar-refractivity contribution in [2.75, 3.05) is 0 Å². The number of aliphatic hydroxyl groups excluding tert-OH is 1. The van der Waals surface area contributed by atoms with Crippen LogP contribution in [0.15, 0.2) is 17.0 Å². The highest BCUT2D eigenvalue weighted by molar-refractivity contribution is 7.89. The molecule has 0 atom stereocenters. The monoisotopic (exact) mass is 305 g/mol. The quantitative estimate of drug-likeness (QED) is 0.879. The largest absolute Gasteiger partial charge is 0.392 e. The Balaban J connectivity index is 3.33. The van der Waals surface area contributed by atoms with E-state index >= 15 is 0 Å². The molecule has 0 saturated heterocycles. The predicted octanol–water partition coefficient (Wildman–Crippen LogP) is 2.61. The zero-order chi connectivity index (χ0) is 14.8. The Hall–Kier alpha value is -0.620. The van der Waals surface area contributed by atoms with E-state index in [4.69, 9.17) is 11.6 Å². The Labute approximate surface area is 119 Å². The molecule has 0 bridgehead atoms. The van der Waals surface area contributed by atoms with E-state index in [2.05, 4.69) is 4.72 Å². The van der Waals surface area contributed by atoms with Gasteiger partial charge in [-0.2, -0.15) is 0 Å². The molecule has 19 heavy (non-hydrogen) atoms. The summed E-state index contributed by atoms with van der Waals surface area (Å²) in [6.07, 6.45) is 0.665. The summed E-state index contributed by atoms with van der Waals surface area (Å²) in [7, 11) is -3.66. The summed E-state index contributed by atoms with van der Waals surface area (Å²) >= 11 is 5.91. The van der Waals surface area contributed by atoms with Gasteiger partial charge in [-0.1, -0.05) is 18.5 Å². The van der Waals surface area contributed by atoms with Gasteiger partial charge in [0.2, 0.25) is 10.0 Å². The molecule has 4 nitrogen and oxygen atoms in total. The molecule has 0 aliphatic heterocycles. The molecule has 0 fully saturated rings. The molecule has 6 heteroatoms. The van der Waals surface area contributed by atoms with E-state index in [1.807, 2.05) is 20.8 Å². The normalized spacial score (nSPS) is 12.7. The van der Waals surface area contributed by atoms with Crippen LogP contribution in [0.4, 0.5) is 0 Å². The van der Waals surface area contributed by atoms with Crippen molar-refractivity contribution in [3.05, 3.63) is 28.3 Å². The lowest BCUT2D eigenvalue weighted by Gasteiger charge is -2.25. The zero-order valence-electron chi connectivity index (χ0n) is 11.6.